The summed E-state index contributed by atoms with van der Waals surface area (Å²) in [5.74, 6) is 6.62. The molecule has 112 valence electrons. The molecule has 2 aromatic carbocycles. The molecule has 0 saturated carbocycles. The average Bonchev–Trinajstić information content (AvgIpc) is 2.51. The Morgan fingerprint density at radius 3 is 2.33 bits per heavy atom. The van der Waals surface area contributed by atoms with Crippen LogP contribution in [-0.4, -0.2) is 20.3 Å². The molecule has 0 spiro atoms. The second kappa shape index (κ2) is 7.78. The second-order valence-electron chi connectivity index (χ2n) is 4.84. The highest BCUT2D eigenvalue weighted by Gasteiger charge is 2.18. The van der Waals surface area contributed by atoms with Gasteiger partial charge in [-0.3, -0.25) is 5.84 Å². The number of hydrogen-bond donors (Lipinski definition) is 2. The van der Waals surface area contributed by atoms with Crippen LogP contribution in [0, 0.1) is 6.92 Å². The van der Waals surface area contributed by atoms with Gasteiger partial charge in [-0.2, -0.15) is 0 Å². The molecule has 0 aliphatic rings. The van der Waals surface area contributed by atoms with E-state index in [-0.39, 0.29) is 6.04 Å². The Bertz CT molecular complexity index is 572. The first-order valence-corrected chi connectivity index (χ1v) is 7.00. The van der Waals surface area contributed by atoms with Gasteiger partial charge < -0.3 is 9.47 Å². The van der Waals surface area contributed by atoms with Gasteiger partial charge in [-0.15, -0.1) is 0 Å². The lowest BCUT2D eigenvalue weighted by Gasteiger charge is -2.21. The second-order valence-corrected chi connectivity index (χ2v) is 4.84. The molecule has 1 unspecified atom stereocenters. The lowest BCUT2D eigenvalue weighted by Crippen LogP contribution is -2.29. The van der Waals surface area contributed by atoms with E-state index in [0.717, 1.165) is 16.9 Å². The Hall–Kier alpha value is -1.88. The van der Waals surface area contributed by atoms with E-state index < -0.39 is 0 Å². The van der Waals surface area contributed by atoms with Crippen molar-refractivity contribution in [1.29, 1.82) is 0 Å². The Balaban J connectivity index is 2.32. The third-order valence-electron chi connectivity index (χ3n) is 3.44. The molecule has 2 rings (SSSR count). The maximum absolute atomic E-state index is 5.80. The van der Waals surface area contributed by atoms with Gasteiger partial charge in [-0.1, -0.05) is 42.5 Å². The molecule has 0 radical (unpaired) electrons. The van der Waals surface area contributed by atoms with Crippen molar-refractivity contribution in [1.82, 2.24) is 5.43 Å². The minimum atomic E-state index is -0.107. The minimum Gasteiger partial charge on any atom is -0.491 e. The van der Waals surface area contributed by atoms with Gasteiger partial charge in [0.1, 0.15) is 12.4 Å². The van der Waals surface area contributed by atoms with Gasteiger partial charge in [0.25, 0.3) is 0 Å². The van der Waals surface area contributed by atoms with Crippen molar-refractivity contribution in [3.63, 3.8) is 0 Å². The fraction of sp³-hybridized carbons (Fsp3) is 0.294. The molecular formula is C17H22N2O2. The summed E-state index contributed by atoms with van der Waals surface area (Å²) in [4.78, 5) is 0. The summed E-state index contributed by atoms with van der Waals surface area (Å²) in [6.07, 6.45) is 0. The highest BCUT2D eigenvalue weighted by Crippen LogP contribution is 2.30. The summed E-state index contributed by atoms with van der Waals surface area (Å²) in [5.41, 5.74) is 6.24. The number of rotatable bonds is 7. The Labute approximate surface area is 125 Å². The molecule has 0 saturated heterocycles. The van der Waals surface area contributed by atoms with Crippen LogP contribution >= 0.6 is 0 Å². The summed E-state index contributed by atoms with van der Waals surface area (Å²) in [7, 11) is 1.66. The first kappa shape index (κ1) is 15.5. The number of nitrogens with one attached hydrogen (secondary N) is 1. The standard InChI is InChI=1S/C17H22N2O2/c1-13-7-3-4-8-14(13)17(19-18)15-9-5-6-10-16(15)21-12-11-20-2/h3-10,17,19H,11-12,18H2,1-2H3. The van der Waals surface area contributed by atoms with Crippen LogP contribution in [0.5, 0.6) is 5.75 Å². The van der Waals surface area contributed by atoms with E-state index in [0.29, 0.717) is 13.2 Å². The van der Waals surface area contributed by atoms with E-state index >= 15 is 0 Å². The molecule has 0 fully saturated rings. The Morgan fingerprint density at radius 2 is 1.67 bits per heavy atom. The summed E-state index contributed by atoms with van der Waals surface area (Å²) < 4.78 is 10.8. The molecular weight excluding hydrogens is 264 g/mol. The number of benzene rings is 2. The minimum absolute atomic E-state index is 0.107. The number of nitrogens with two attached hydrogens (primary N) is 1. The SMILES string of the molecule is COCCOc1ccccc1C(NN)c1ccccc1C. The molecule has 21 heavy (non-hydrogen) atoms. The summed E-state index contributed by atoms with van der Waals surface area (Å²) in [5, 5.41) is 0. The van der Waals surface area contributed by atoms with Crippen molar-refractivity contribution in [2.75, 3.05) is 20.3 Å². The molecule has 2 aromatic rings. The van der Waals surface area contributed by atoms with Gasteiger partial charge in [0.15, 0.2) is 0 Å². The molecule has 0 aliphatic heterocycles. The lowest BCUT2D eigenvalue weighted by molar-refractivity contribution is 0.145. The van der Waals surface area contributed by atoms with Crippen LogP contribution in [0.3, 0.4) is 0 Å². The predicted molar refractivity (Wildman–Crippen MR) is 84.2 cm³/mol. The van der Waals surface area contributed by atoms with E-state index in [2.05, 4.69) is 24.5 Å². The normalized spacial score (nSPS) is 12.1. The van der Waals surface area contributed by atoms with Crippen LogP contribution in [-0.2, 0) is 4.74 Å². The maximum Gasteiger partial charge on any atom is 0.124 e. The topological polar surface area (TPSA) is 56.5 Å². The van der Waals surface area contributed by atoms with Crippen LogP contribution in [0.1, 0.15) is 22.7 Å². The number of para-hydroxylation sites is 1. The van der Waals surface area contributed by atoms with Crippen LogP contribution in [0.25, 0.3) is 0 Å². The van der Waals surface area contributed by atoms with Gasteiger partial charge >= 0.3 is 0 Å². The third-order valence-corrected chi connectivity index (χ3v) is 3.44. The number of methoxy groups -OCH3 is 1. The summed E-state index contributed by atoms with van der Waals surface area (Å²) in [6.45, 7) is 3.14. The molecule has 0 heterocycles. The fourth-order valence-corrected chi connectivity index (χ4v) is 2.34. The smallest absolute Gasteiger partial charge is 0.124 e. The zero-order valence-electron chi connectivity index (χ0n) is 12.5. The van der Waals surface area contributed by atoms with Crippen LogP contribution in [0.2, 0.25) is 0 Å². The van der Waals surface area contributed by atoms with Crippen molar-refractivity contribution in [2.24, 2.45) is 5.84 Å². The number of hydrazine groups is 1. The maximum atomic E-state index is 5.80. The summed E-state index contributed by atoms with van der Waals surface area (Å²) in [6, 6.07) is 16.0. The number of ether oxygens (including phenoxy) is 2. The van der Waals surface area contributed by atoms with E-state index in [4.69, 9.17) is 15.3 Å². The van der Waals surface area contributed by atoms with Crippen LogP contribution in [0.4, 0.5) is 0 Å². The van der Waals surface area contributed by atoms with Crippen molar-refractivity contribution in [2.45, 2.75) is 13.0 Å². The van der Waals surface area contributed by atoms with Gasteiger partial charge in [0.05, 0.1) is 12.6 Å². The average molecular weight is 286 g/mol. The molecule has 4 nitrogen and oxygen atoms in total. The van der Waals surface area contributed by atoms with Crippen LogP contribution < -0.4 is 16.0 Å². The zero-order valence-corrected chi connectivity index (χ0v) is 12.5. The Kier molecular flexibility index (Phi) is 5.75. The first-order chi connectivity index (χ1) is 10.3. The van der Waals surface area contributed by atoms with Crippen LogP contribution in [0.15, 0.2) is 48.5 Å². The Morgan fingerprint density at radius 1 is 1.00 bits per heavy atom. The lowest BCUT2D eigenvalue weighted by atomic mass is 9.95. The molecule has 0 aromatic heterocycles. The highest BCUT2D eigenvalue weighted by atomic mass is 16.5. The molecule has 0 bridgehead atoms. The van der Waals surface area contributed by atoms with Gasteiger partial charge in [0.2, 0.25) is 0 Å². The fourth-order valence-electron chi connectivity index (χ4n) is 2.34. The first-order valence-electron chi connectivity index (χ1n) is 7.00. The van der Waals surface area contributed by atoms with Crippen molar-refractivity contribution >= 4 is 0 Å². The van der Waals surface area contributed by atoms with Gasteiger partial charge in [-0.05, 0) is 24.1 Å². The quantitative estimate of drug-likeness (QED) is 0.466. The van der Waals surface area contributed by atoms with Crippen molar-refractivity contribution in [3.8, 4) is 5.75 Å². The van der Waals surface area contributed by atoms with Crippen molar-refractivity contribution < 1.29 is 9.47 Å². The predicted octanol–water partition coefficient (Wildman–Crippen LogP) is 2.57. The van der Waals surface area contributed by atoms with E-state index in [1.54, 1.807) is 7.11 Å². The molecule has 4 heteroatoms. The molecule has 0 amide bonds. The number of hydrogen-bond acceptors (Lipinski definition) is 4. The monoisotopic (exact) mass is 286 g/mol. The van der Waals surface area contributed by atoms with E-state index in [9.17, 15) is 0 Å². The van der Waals surface area contributed by atoms with E-state index in [1.807, 2.05) is 36.4 Å². The van der Waals surface area contributed by atoms with E-state index in [1.165, 1.54) is 5.56 Å². The third kappa shape index (κ3) is 3.82. The number of aryl methyl sites for hydroxylation is 1. The largest absolute Gasteiger partial charge is 0.491 e. The zero-order chi connectivity index (χ0) is 15.1. The molecule has 1 atom stereocenters. The molecule has 0 aliphatic carbocycles. The molecule has 3 N–H and O–H groups in total. The van der Waals surface area contributed by atoms with Gasteiger partial charge in [0, 0.05) is 12.7 Å². The summed E-state index contributed by atoms with van der Waals surface area (Å²) >= 11 is 0. The highest BCUT2D eigenvalue weighted by molar-refractivity contribution is 5.43. The van der Waals surface area contributed by atoms with Gasteiger partial charge in [-0.25, -0.2) is 5.43 Å². The van der Waals surface area contributed by atoms with Crippen molar-refractivity contribution in [3.05, 3.63) is 65.2 Å².